The lowest BCUT2D eigenvalue weighted by molar-refractivity contribution is 0.118. The average Bonchev–Trinajstić information content (AvgIpc) is 2.89. The lowest BCUT2D eigenvalue weighted by atomic mass is 9.98. The Labute approximate surface area is 122 Å². The van der Waals surface area contributed by atoms with Gasteiger partial charge in [0.2, 0.25) is 0 Å². The van der Waals surface area contributed by atoms with Gasteiger partial charge in [-0.25, -0.2) is 0 Å². The van der Waals surface area contributed by atoms with Crippen molar-refractivity contribution in [3.63, 3.8) is 0 Å². The predicted octanol–water partition coefficient (Wildman–Crippen LogP) is 3.33. The van der Waals surface area contributed by atoms with E-state index in [2.05, 4.69) is 35.3 Å². The Morgan fingerprint density at radius 3 is 3.05 bits per heavy atom. The molecule has 4 nitrogen and oxygen atoms in total. The van der Waals surface area contributed by atoms with Crippen LogP contribution in [0.15, 0.2) is 10.6 Å². The monoisotopic (exact) mass is 279 g/mol. The molecule has 0 bridgehead atoms. The zero-order chi connectivity index (χ0) is 14.2. The second-order valence-corrected chi connectivity index (χ2v) is 5.87. The Hall–Kier alpha value is -0.870. The quantitative estimate of drug-likeness (QED) is 0.741. The van der Waals surface area contributed by atoms with Crippen molar-refractivity contribution in [2.45, 2.75) is 71.5 Å². The average molecular weight is 279 g/mol. The number of nitrogens with zero attached hydrogens (tertiary/aromatic N) is 2. The van der Waals surface area contributed by atoms with E-state index in [0.29, 0.717) is 0 Å². The van der Waals surface area contributed by atoms with E-state index < -0.39 is 0 Å². The van der Waals surface area contributed by atoms with Gasteiger partial charge in [-0.05, 0) is 38.8 Å². The second-order valence-electron chi connectivity index (χ2n) is 5.87. The van der Waals surface area contributed by atoms with Gasteiger partial charge in [-0.15, -0.1) is 0 Å². The Kier molecular flexibility index (Phi) is 6.54. The van der Waals surface area contributed by atoms with Gasteiger partial charge in [-0.1, -0.05) is 31.8 Å². The minimum absolute atomic E-state index is 0.737. The molecule has 1 unspecified atom stereocenters. The number of rotatable bonds is 8. The first-order chi connectivity index (χ1) is 9.83. The highest BCUT2D eigenvalue weighted by molar-refractivity contribution is 5.05. The number of aromatic nitrogens is 1. The first-order valence-electron chi connectivity index (χ1n) is 8.22. The summed E-state index contributed by atoms with van der Waals surface area (Å²) in [5, 5.41) is 7.52. The van der Waals surface area contributed by atoms with Gasteiger partial charge in [-0.2, -0.15) is 0 Å². The molecule has 2 heterocycles. The molecule has 114 valence electrons. The molecule has 1 fully saturated rings. The first kappa shape index (κ1) is 15.5. The zero-order valence-electron chi connectivity index (χ0n) is 13.0. The zero-order valence-corrected chi connectivity index (χ0v) is 13.0. The number of piperidine rings is 1. The Bertz CT molecular complexity index is 376. The van der Waals surface area contributed by atoms with Gasteiger partial charge in [0.15, 0.2) is 5.76 Å². The summed E-state index contributed by atoms with van der Waals surface area (Å²) in [4.78, 5) is 2.58. The molecule has 2 rings (SSSR count). The molecule has 0 spiro atoms. The standard InChI is InChI=1S/C16H29N3O/c1-3-7-15-8-5-6-10-19(15)13-16-11-14(18-20-16)12-17-9-4-2/h11,15,17H,3-10,12-13H2,1-2H3. The molecular formula is C16H29N3O. The molecule has 1 saturated heterocycles. The van der Waals surface area contributed by atoms with Crippen LogP contribution in [0.3, 0.4) is 0 Å². The Morgan fingerprint density at radius 1 is 1.35 bits per heavy atom. The summed E-state index contributed by atoms with van der Waals surface area (Å²) in [7, 11) is 0. The van der Waals surface area contributed by atoms with E-state index in [1.54, 1.807) is 0 Å². The number of hydrogen-bond donors (Lipinski definition) is 1. The molecular weight excluding hydrogens is 250 g/mol. The number of likely N-dealkylation sites (tertiary alicyclic amines) is 1. The van der Waals surface area contributed by atoms with Gasteiger partial charge in [0.1, 0.15) is 0 Å². The maximum absolute atomic E-state index is 5.49. The van der Waals surface area contributed by atoms with Crippen LogP contribution < -0.4 is 5.32 Å². The van der Waals surface area contributed by atoms with E-state index in [-0.39, 0.29) is 0 Å². The summed E-state index contributed by atoms with van der Waals surface area (Å²) < 4.78 is 5.49. The van der Waals surface area contributed by atoms with E-state index >= 15 is 0 Å². The number of nitrogens with one attached hydrogen (secondary N) is 1. The molecule has 1 aromatic heterocycles. The molecule has 20 heavy (non-hydrogen) atoms. The van der Waals surface area contributed by atoms with Gasteiger partial charge >= 0.3 is 0 Å². The molecule has 0 aromatic carbocycles. The predicted molar refractivity (Wildman–Crippen MR) is 81.5 cm³/mol. The molecule has 1 aliphatic rings. The minimum atomic E-state index is 0.737. The summed E-state index contributed by atoms with van der Waals surface area (Å²) in [6.45, 7) is 8.42. The highest BCUT2D eigenvalue weighted by Gasteiger charge is 2.22. The normalized spacial score (nSPS) is 20.4. The van der Waals surface area contributed by atoms with E-state index in [9.17, 15) is 0 Å². The van der Waals surface area contributed by atoms with Crippen molar-refractivity contribution in [3.05, 3.63) is 17.5 Å². The van der Waals surface area contributed by atoms with Crippen molar-refractivity contribution >= 4 is 0 Å². The van der Waals surface area contributed by atoms with Crippen LogP contribution in [0.1, 0.15) is 63.8 Å². The fourth-order valence-electron chi connectivity index (χ4n) is 3.04. The molecule has 1 atom stereocenters. The molecule has 0 aliphatic carbocycles. The third-order valence-corrected chi connectivity index (χ3v) is 4.07. The third-order valence-electron chi connectivity index (χ3n) is 4.07. The topological polar surface area (TPSA) is 41.3 Å². The fraction of sp³-hybridized carbons (Fsp3) is 0.812. The van der Waals surface area contributed by atoms with Crippen LogP contribution in [-0.2, 0) is 13.1 Å². The molecule has 1 aromatic rings. The van der Waals surface area contributed by atoms with E-state index in [1.165, 1.54) is 38.6 Å². The molecule has 0 radical (unpaired) electrons. The molecule has 1 N–H and O–H groups in total. The van der Waals surface area contributed by atoms with Crippen molar-refractivity contribution in [1.29, 1.82) is 0 Å². The third kappa shape index (κ3) is 4.60. The van der Waals surface area contributed by atoms with Gasteiger partial charge in [0, 0.05) is 18.7 Å². The minimum Gasteiger partial charge on any atom is -0.360 e. The summed E-state index contributed by atoms with van der Waals surface area (Å²) in [5.41, 5.74) is 1.03. The van der Waals surface area contributed by atoms with Gasteiger partial charge in [0.05, 0.1) is 12.2 Å². The van der Waals surface area contributed by atoms with Crippen molar-refractivity contribution in [2.24, 2.45) is 0 Å². The molecule has 4 heteroatoms. The Balaban J connectivity index is 1.84. The molecule has 0 amide bonds. The maximum Gasteiger partial charge on any atom is 0.151 e. The lowest BCUT2D eigenvalue weighted by Crippen LogP contribution is -2.38. The Morgan fingerprint density at radius 2 is 2.25 bits per heavy atom. The summed E-state index contributed by atoms with van der Waals surface area (Å²) in [6.07, 6.45) is 7.76. The van der Waals surface area contributed by atoms with Gasteiger partial charge in [0.25, 0.3) is 0 Å². The van der Waals surface area contributed by atoms with Crippen LogP contribution in [-0.4, -0.2) is 29.2 Å². The molecule has 0 saturated carbocycles. The smallest absolute Gasteiger partial charge is 0.151 e. The van der Waals surface area contributed by atoms with Crippen LogP contribution in [0, 0.1) is 0 Å². The van der Waals surface area contributed by atoms with Gasteiger partial charge < -0.3 is 9.84 Å². The van der Waals surface area contributed by atoms with Crippen LogP contribution in [0.5, 0.6) is 0 Å². The van der Waals surface area contributed by atoms with Crippen molar-refractivity contribution in [1.82, 2.24) is 15.4 Å². The fourth-order valence-corrected chi connectivity index (χ4v) is 3.04. The highest BCUT2D eigenvalue weighted by Crippen LogP contribution is 2.23. The SMILES string of the molecule is CCCNCc1cc(CN2CCCCC2CCC)on1. The van der Waals surface area contributed by atoms with Crippen LogP contribution in [0.4, 0.5) is 0 Å². The van der Waals surface area contributed by atoms with Crippen molar-refractivity contribution in [3.8, 4) is 0 Å². The highest BCUT2D eigenvalue weighted by atomic mass is 16.5. The van der Waals surface area contributed by atoms with Crippen molar-refractivity contribution < 1.29 is 4.52 Å². The van der Waals surface area contributed by atoms with E-state index in [0.717, 1.165) is 43.6 Å². The lowest BCUT2D eigenvalue weighted by Gasteiger charge is -2.34. The number of hydrogen-bond acceptors (Lipinski definition) is 4. The van der Waals surface area contributed by atoms with Crippen LogP contribution >= 0.6 is 0 Å². The van der Waals surface area contributed by atoms with Crippen molar-refractivity contribution in [2.75, 3.05) is 13.1 Å². The summed E-state index contributed by atoms with van der Waals surface area (Å²) >= 11 is 0. The van der Waals surface area contributed by atoms with Gasteiger partial charge in [-0.3, -0.25) is 4.90 Å². The first-order valence-corrected chi connectivity index (χ1v) is 8.22. The maximum atomic E-state index is 5.49. The van der Waals surface area contributed by atoms with Crippen LogP contribution in [0.25, 0.3) is 0 Å². The molecule has 1 aliphatic heterocycles. The van der Waals surface area contributed by atoms with E-state index in [1.807, 2.05) is 0 Å². The second kappa shape index (κ2) is 8.42. The van der Waals surface area contributed by atoms with E-state index in [4.69, 9.17) is 4.52 Å². The van der Waals surface area contributed by atoms with Crippen LogP contribution in [0.2, 0.25) is 0 Å². The summed E-state index contributed by atoms with van der Waals surface area (Å²) in [5.74, 6) is 1.02. The summed E-state index contributed by atoms with van der Waals surface area (Å²) in [6, 6.07) is 2.85. The largest absolute Gasteiger partial charge is 0.360 e.